The van der Waals surface area contributed by atoms with Crippen LogP contribution in [0.3, 0.4) is 0 Å². The number of carbonyl (C=O) groups is 2. The predicted molar refractivity (Wildman–Crippen MR) is 76.1 cm³/mol. The molecule has 1 fully saturated rings. The summed E-state index contributed by atoms with van der Waals surface area (Å²) in [5, 5.41) is 2.81. The maximum absolute atomic E-state index is 12.0. The summed E-state index contributed by atoms with van der Waals surface area (Å²) >= 11 is 0. The lowest BCUT2D eigenvalue weighted by molar-refractivity contribution is -0.122. The molecule has 116 valence electrons. The highest BCUT2D eigenvalue weighted by molar-refractivity contribution is 5.86. The van der Waals surface area contributed by atoms with E-state index in [1.165, 1.54) is 0 Å². The lowest BCUT2D eigenvalue weighted by atomic mass is 10.2. The standard InChI is InChI=1S/C16H17NO5/c1-2-20-16(19)14-6-5-10(22-14)9-17-15(18)12-8-11(12)13-4-3-7-21-13/h3-7,11-12H,2,8-9H2,1H3,(H,17,18)/t11-,12-/m0/s1. The van der Waals surface area contributed by atoms with Crippen LogP contribution in [0.25, 0.3) is 0 Å². The van der Waals surface area contributed by atoms with E-state index >= 15 is 0 Å². The maximum Gasteiger partial charge on any atom is 0.374 e. The van der Waals surface area contributed by atoms with E-state index in [0.29, 0.717) is 12.4 Å². The Morgan fingerprint density at radius 3 is 2.95 bits per heavy atom. The van der Waals surface area contributed by atoms with Gasteiger partial charge in [0.2, 0.25) is 11.7 Å². The number of esters is 1. The van der Waals surface area contributed by atoms with Crippen LogP contribution in [0.4, 0.5) is 0 Å². The van der Waals surface area contributed by atoms with Crippen molar-refractivity contribution in [3.63, 3.8) is 0 Å². The molecule has 2 aromatic heterocycles. The lowest BCUT2D eigenvalue weighted by Crippen LogP contribution is -2.24. The van der Waals surface area contributed by atoms with Gasteiger partial charge in [-0.1, -0.05) is 0 Å². The van der Waals surface area contributed by atoms with Crippen LogP contribution in [0.2, 0.25) is 0 Å². The zero-order chi connectivity index (χ0) is 15.5. The van der Waals surface area contributed by atoms with Crippen LogP contribution >= 0.6 is 0 Å². The highest BCUT2D eigenvalue weighted by Gasteiger charge is 2.45. The van der Waals surface area contributed by atoms with Crippen LogP contribution in [0.1, 0.15) is 41.3 Å². The van der Waals surface area contributed by atoms with E-state index in [4.69, 9.17) is 13.6 Å². The fourth-order valence-electron chi connectivity index (χ4n) is 2.39. The van der Waals surface area contributed by atoms with Crippen molar-refractivity contribution in [2.75, 3.05) is 6.61 Å². The Kier molecular flexibility index (Phi) is 4.00. The molecule has 0 spiro atoms. The summed E-state index contributed by atoms with van der Waals surface area (Å²) < 4.78 is 15.5. The number of rotatable bonds is 6. The molecule has 2 aromatic rings. The molecule has 2 heterocycles. The molecule has 22 heavy (non-hydrogen) atoms. The van der Waals surface area contributed by atoms with Gasteiger partial charge in [0.25, 0.3) is 0 Å². The van der Waals surface area contributed by atoms with E-state index in [2.05, 4.69) is 5.32 Å². The minimum Gasteiger partial charge on any atom is -0.469 e. The molecule has 0 radical (unpaired) electrons. The van der Waals surface area contributed by atoms with Gasteiger partial charge in [0.15, 0.2) is 0 Å². The molecular weight excluding hydrogens is 286 g/mol. The number of ether oxygens (including phenoxy) is 1. The molecule has 3 rings (SSSR count). The third-order valence-corrected chi connectivity index (χ3v) is 3.61. The topological polar surface area (TPSA) is 81.7 Å². The molecule has 6 nitrogen and oxygen atoms in total. The van der Waals surface area contributed by atoms with Crippen molar-refractivity contribution < 1.29 is 23.2 Å². The Morgan fingerprint density at radius 1 is 1.36 bits per heavy atom. The van der Waals surface area contributed by atoms with Crippen molar-refractivity contribution in [1.82, 2.24) is 5.32 Å². The highest BCUT2D eigenvalue weighted by Crippen LogP contribution is 2.47. The Morgan fingerprint density at radius 2 is 2.23 bits per heavy atom. The molecule has 2 atom stereocenters. The first kappa shape index (κ1) is 14.4. The number of hydrogen-bond acceptors (Lipinski definition) is 5. The van der Waals surface area contributed by atoms with Gasteiger partial charge >= 0.3 is 5.97 Å². The molecule has 0 aliphatic heterocycles. The molecule has 0 bridgehead atoms. The molecule has 1 saturated carbocycles. The Balaban J connectivity index is 1.49. The van der Waals surface area contributed by atoms with Crippen LogP contribution in [0, 0.1) is 5.92 Å². The van der Waals surface area contributed by atoms with Crippen molar-refractivity contribution in [1.29, 1.82) is 0 Å². The fourth-order valence-corrected chi connectivity index (χ4v) is 2.39. The van der Waals surface area contributed by atoms with E-state index in [9.17, 15) is 9.59 Å². The van der Waals surface area contributed by atoms with Gasteiger partial charge < -0.3 is 18.9 Å². The largest absolute Gasteiger partial charge is 0.469 e. The third kappa shape index (κ3) is 3.05. The molecule has 0 unspecified atom stereocenters. The van der Waals surface area contributed by atoms with E-state index < -0.39 is 5.97 Å². The van der Waals surface area contributed by atoms with Gasteiger partial charge in [0.05, 0.1) is 19.4 Å². The van der Waals surface area contributed by atoms with Crippen LogP contribution in [-0.4, -0.2) is 18.5 Å². The quantitative estimate of drug-likeness (QED) is 0.829. The van der Waals surface area contributed by atoms with Crippen LogP contribution < -0.4 is 5.32 Å². The molecule has 1 aliphatic rings. The predicted octanol–water partition coefficient (Wildman–Crippen LogP) is 2.47. The van der Waals surface area contributed by atoms with E-state index in [0.717, 1.165) is 12.2 Å². The highest BCUT2D eigenvalue weighted by atomic mass is 16.5. The van der Waals surface area contributed by atoms with Gasteiger partial charge in [-0.05, 0) is 37.6 Å². The molecule has 0 aromatic carbocycles. The summed E-state index contributed by atoms with van der Waals surface area (Å²) in [6.07, 6.45) is 2.41. The second kappa shape index (κ2) is 6.09. The monoisotopic (exact) mass is 303 g/mol. The van der Waals surface area contributed by atoms with Crippen LogP contribution in [0.15, 0.2) is 39.4 Å². The van der Waals surface area contributed by atoms with E-state index in [1.54, 1.807) is 25.3 Å². The number of hydrogen-bond donors (Lipinski definition) is 1. The van der Waals surface area contributed by atoms with Crippen molar-refractivity contribution in [2.24, 2.45) is 5.92 Å². The normalized spacial score (nSPS) is 19.7. The van der Waals surface area contributed by atoms with Gasteiger partial charge in [-0.3, -0.25) is 4.79 Å². The van der Waals surface area contributed by atoms with Crippen molar-refractivity contribution in [3.05, 3.63) is 47.8 Å². The summed E-state index contributed by atoms with van der Waals surface area (Å²) in [6, 6.07) is 6.91. The SMILES string of the molecule is CCOC(=O)c1ccc(CNC(=O)[C@H]2C[C@@H]2c2ccco2)o1. The molecule has 1 aliphatic carbocycles. The van der Waals surface area contributed by atoms with Gasteiger partial charge in [0, 0.05) is 11.8 Å². The minimum atomic E-state index is -0.500. The lowest BCUT2D eigenvalue weighted by Gasteiger charge is -2.02. The third-order valence-electron chi connectivity index (χ3n) is 3.61. The second-order valence-electron chi connectivity index (χ2n) is 5.17. The average molecular weight is 303 g/mol. The molecule has 1 amide bonds. The molecule has 0 saturated heterocycles. The minimum absolute atomic E-state index is 0.0320. The molecule has 1 N–H and O–H groups in total. The number of amides is 1. The van der Waals surface area contributed by atoms with Gasteiger partial charge in [0.1, 0.15) is 11.5 Å². The zero-order valence-corrected chi connectivity index (χ0v) is 12.2. The van der Waals surface area contributed by atoms with Gasteiger partial charge in [-0.15, -0.1) is 0 Å². The number of furan rings is 2. The van der Waals surface area contributed by atoms with Gasteiger partial charge in [-0.25, -0.2) is 4.79 Å². The van der Waals surface area contributed by atoms with E-state index in [1.807, 2.05) is 12.1 Å². The fraction of sp³-hybridized carbons (Fsp3) is 0.375. The van der Waals surface area contributed by atoms with Gasteiger partial charge in [-0.2, -0.15) is 0 Å². The summed E-state index contributed by atoms with van der Waals surface area (Å²) in [5.41, 5.74) is 0. The van der Waals surface area contributed by atoms with Crippen molar-refractivity contribution in [2.45, 2.75) is 25.8 Å². The van der Waals surface area contributed by atoms with Crippen molar-refractivity contribution >= 4 is 11.9 Å². The first-order valence-electron chi connectivity index (χ1n) is 7.26. The zero-order valence-electron chi connectivity index (χ0n) is 12.2. The second-order valence-corrected chi connectivity index (χ2v) is 5.17. The van der Waals surface area contributed by atoms with E-state index in [-0.39, 0.29) is 30.0 Å². The average Bonchev–Trinajstić information content (AvgIpc) is 2.93. The van der Waals surface area contributed by atoms with Crippen LogP contribution in [0.5, 0.6) is 0 Å². The summed E-state index contributed by atoms with van der Waals surface area (Å²) in [4.78, 5) is 23.5. The molecular formula is C16H17NO5. The maximum atomic E-state index is 12.0. The number of nitrogens with one attached hydrogen (secondary N) is 1. The van der Waals surface area contributed by atoms with Crippen LogP contribution in [-0.2, 0) is 16.1 Å². The number of carbonyl (C=O) groups excluding carboxylic acids is 2. The summed E-state index contributed by atoms with van der Waals surface area (Å²) in [7, 11) is 0. The smallest absolute Gasteiger partial charge is 0.374 e. The Bertz CT molecular complexity index is 658. The van der Waals surface area contributed by atoms with Crippen molar-refractivity contribution in [3.8, 4) is 0 Å². The Labute approximate surface area is 127 Å². The molecule has 6 heteroatoms. The Hall–Kier alpha value is -2.50. The first-order valence-corrected chi connectivity index (χ1v) is 7.26. The summed E-state index contributed by atoms with van der Waals surface area (Å²) in [6.45, 7) is 2.27. The summed E-state index contributed by atoms with van der Waals surface area (Å²) in [5.74, 6) is 1.10. The first-order chi connectivity index (χ1) is 10.7.